The lowest BCUT2D eigenvalue weighted by Crippen LogP contribution is -2.02. The number of aromatic carboxylic acids is 1. The summed E-state index contributed by atoms with van der Waals surface area (Å²) in [5.41, 5.74) is 0.701. The molecule has 0 spiro atoms. The number of hydrogen-bond acceptors (Lipinski definition) is 3. The first-order chi connectivity index (χ1) is 9.99. The Bertz CT molecular complexity index is 676. The SMILES string of the molecule is CCCc1cc(C(=O)O)cc(Oc2ccc(F)cc2Cl)n1. The largest absolute Gasteiger partial charge is 0.478 e. The number of hydrogen-bond donors (Lipinski definition) is 1. The van der Waals surface area contributed by atoms with Crippen LogP contribution in [0.25, 0.3) is 0 Å². The van der Waals surface area contributed by atoms with Gasteiger partial charge in [0.25, 0.3) is 0 Å². The van der Waals surface area contributed by atoms with Crippen molar-refractivity contribution >= 4 is 17.6 Å². The first-order valence-electron chi connectivity index (χ1n) is 6.36. The van der Waals surface area contributed by atoms with Crippen LogP contribution >= 0.6 is 11.6 Å². The Hall–Kier alpha value is -2.14. The van der Waals surface area contributed by atoms with Gasteiger partial charge in [-0.3, -0.25) is 0 Å². The highest BCUT2D eigenvalue weighted by Crippen LogP contribution is 2.29. The number of rotatable bonds is 5. The third kappa shape index (κ3) is 3.92. The highest BCUT2D eigenvalue weighted by molar-refractivity contribution is 6.32. The predicted octanol–water partition coefficient (Wildman–Crippen LogP) is 4.32. The zero-order valence-electron chi connectivity index (χ0n) is 11.3. The van der Waals surface area contributed by atoms with E-state index in [0.29, 0.717) is 12.1 Å². The molecule has 0 aliphatic heterocycles. The molecule has 0 fully saturated rings. The van der Waals surface area contributed by atoms with Gasteiger partial charge in [-0.05, 0) is 30.7 Å². The van der Waals surface area contributed by atoms with Crippen LogP contribution in [0.15, 0.2) is 30.3 Å². The monoisotopic (exact) mass is 309 g/mol. The molecule has 0 radical (unpaired) electrons. The Morgan fingerprint density at radius 1 is 1.38 bits per heavy atom. The van der Waals surface area contributed by atoms with Gasteiger partial charge in [0.2, 0.25) is 5.88 Å². The Morgan fingerprint density at radius 3 is 2.76 bits per heavy atom. The van der Waals surface area contributed by atoms with Crippen molar-refractivity contribution in [1.82, 2.24) is 4.98 Å². The van der Waals surface area contributed by atoms with Crippen LogP contribution in [0, 0.1) is 5.82 Å². The molecule has 6 heteroatoms. The third-order valence-electron chi connectivity index (χ3n) is 2.72. The summed E-state index contributed by atoms with van der Waals surface area (Å²) in [6.45, 7) is 1.96. The fourth-order valence-electron chi connectivity index (χ4n) is 1.79. The molecule has 4 nitrogen and oxygen atoms in total. The van der Waals surface area contributed by atoms with Crippen molar-refractivity contribution in [1.29, 1.82) is 0 Å². The topological polar surface area (TPSA) is 59.4 Å². The maximum absolute atomic E-state index is 13.0. The van der Waals surface area contributed by atoms with E-state index in [1.54, 1.807) is 0 Å². The average Bonchev–Trinajstić information content (AvgIpc) is 2.42. The van der Waals surface area contributed by atoms with Gasteiger partial charge in [0.1, 0.15) is 11.6 Å². The zero-order valence-corrected chi connectivity index (χ0v) is 12.0. The molecule has 0 aliphatic carbocycles. The molecule has 1 aromatic heterocycles. The highest BCUT2D eigenvalue weighted by Gasteiger charge is 2.11. The van der Waals surface area contributed by atoms with Gasteiger partial charge in [0.05, 0.1) is 10.6 Å². The van der Waals surface area contributed by atoms with Crippen LogP contribution in [0.2, 0.25) is 5.02 Å². The van der Waals surface area contributed by atoms with Crippen molar-refractivity contribution in [2.75, 3.05) is 0 Å². The van der Waals surface area contributed by atoms with Gasteiger partial charge < -0.3 is 9.84 Å². The first-order valence-corrected chi connectivity index (χ1v) is 6.74. The molecule has 0 saturated heterocycles. The number of pyridine rings is 1. The van der Waals surface area contributed by atoms with E-state index >= 15 is 0 Å². The Morgan fingerprint density at radius 2 is 2.14 bits per heavy atom. The fraction of sp³-hybridized carbons (Fsp3) is 0.200. The van der Waals surface area contributed by atoms with E-state index in [4.69, 9.17) is 21.4 Å². The average molecular weight is 310 g/mol. The summed E-state index contributed by atoms with van der Waals surface area (Å²) >= 11 is 5.87. The number of carbonyl (C=O) groups is 1. The summed E-state index contributed by atoms with van der Waals surface area (Å²) in [5, 5.41) is 9.19. The maximum atomic E-state index is 13.0. The van der Waals surface area contributed by atoms with E-state index in [0.717, 1.165) is 12.5 Å². The number of ether oxygens (including phenoxy) is 1. The van der Waals surface area contributed by atoms with Gasteiger partial charge in [0.15, 0.2) is 0 Å². The van der Waals surface area contributed by atoms with E-state index in [-0.39, 0.29) is 22.2 Å². The lowest BCUT2D eigenvalue weighted by Gasteiger charge is -2.09. The molecule has 1 N–H and O–H groups in total. The zero-order chi connectivity index (χ0) is 15.4. The van der Waals surface area contributed by atoms with Gasteiger partial charge in [-0.2, -0.15) is 0 Å². The number of aromatic nitrogens is 1. The molecule has 0 saturated carbocycles. The second-order valence-electron chi connectivity index (χ2n) is 4.42. The Balaban J connectivity index is 2.36. The molecule has 0 amide bonds. The normalized spacial score (nSPS) is 10.4. The molecule has 0 aliphatic rings. The maximum Gasteiger partial charge on any atom is 0.335 e. The summed E-state index contributed by atoms with van der Waals surface area (Å²) in [4.78, 5) is 15.3. The molecule has 110 valence electrons. The van der Waals surface area contributed by atoms with Gasteiger partial charge in [-0.15, -0.1) is 0 Å². The van der Waals surface area contributed by atoms with Crippen LogP contribution in [0.4, 0.5) is 4.39 Å². The van der Waals surface area contributed by atoms with Gasteiger partial charge in [-0.1, -0.05) is 24.9 Å². The minimum atomic E-state index is -1.06. The van der Waals surface area contributed by atoms with Crippen LogP contribution in [-0.2, 0) is 6.42 Å². The summed E-state index contributed by atoms with van der Waals surface area (Å²) in [6.07, 6.45) is 1.46. The molecule has 21 heavy (non-hydrogen) atoms. The molecular weight excluding hydrogens is 297 g/mol. The number of aryl methyl sites for hydroxylation is 1. The summed E-state index contributed by atoms with van der Waals surface area (Å²) < 4.78 is 18.5. The van der Waals surface area contributed by atoms with Crippen LogP contribution in [0.1, 0.15) is 29.4 Å². The standard InChI is InChI=1S/C15H13ClFNO3/c1-2-3-11-6-9(15(19)20)7-14(18-11)21-13-5-4-10(17)8-12(13)16/h4-8H,2-3H2,1H3,(H,19,20). The molecule has 0 unspecified atom stereocenters. The second kappa shape index (κ2) is 6.54. The molecule has 1 heterocycles. The first kappa shape index (κ1) is 15.3. The lowest BCUT2D eigenvalue weighted by atomic mass is 10.1. The quantitative estimate of drug-likeness (QED) is 0.893. The smallest absolute Gasteiger partial charge is 0.335 e. The summed E-state index contributed by atoms with van der Waals surface area (Å²) in [6, 6.07) is 6.50. The van der Waals surface area contributed by atoms with Gasteiger partial charge >= 0.3 is 5.97 Å². The number of halogens is 2. The molecular formula is C15H13ClFNO3. The molecule has 0 atom stereocenters. The number of nitrogens with zero attached hydrogens (tertiary/aromatic N) is 1. The van der Waals surface area contributed by atoms with Crippen molar-refractivity contribution < 1.29 is 19.0 Å². The lowest BCUT2D eigenvalue weighted by molar-refractivity contribution is 0.0696. The fourth-order valence-corrected chi connectivity index (χ4v) is 2.00. The number of carboxylic acid groups (broad SMARTS) is 1. The van der Waals surface area contributed by atoms with Crippen molar-refractivity contribution in [3.8, 4) is 11.6 Å². The molecule has 2 aromatic rings. The van der Waals surface area contributed by atoms with E-state index in [2.05, 4.69) is 4.98 Å². The Kier molecular flexibility index (Phi) is 4.75. The van der Waals surface area contributed by atoms with E-state index in [1.165, 1.54) is 24.3 Å². The van der Waals surface area contributed by atoms with Crippen molar-refractivity contribution in [3.63, 3.8) is 0 Å². The number of carboxylic acids is 1. The summed E-state index contributed by atoms with van der Waals surface area (Å²) in [7, 11) is 0. The minimum Gasteiger partial charge on any atom is -0.478 e. The van der Waals surface area contributed by atoms with Crippen molar-refractivity contribution in [2.45, 2.75) is 19.8 Å². The molecule has 2 rings (SSSR count). The van der Waals surface area contributed by atoms with E-state index in [1.807, 2.05) is 6.92 Å². The van der Waals surface area contributed by atoms with Crippen molar-refractivity contribution in [2.24, 2.45) is 0 Å². The molecule has 1 aromatic carbocycles. The highest BCUT2D eigenvalue weighted by atomic mass is 35.5. The number of benzene rings is 1. The van der Waals surface area contributed by atoms with E-state index < -0.39 is 11.8 Å². The Labute approximate surface area is 126 Å². The van der Waals surface area contributed by atoms with Crippen LogP contribution in [-0.4, -0.2) is 16.1 Å². The van der Waals surface area contributed by atoms with Crippen LogP contribution in [0.5, 0.6) is 11.6 Å². The molecule has 0 bridgehead atoms. The second-order valence-corrected chi connectivity index (χ2v) is 4.82. The predicted molar refractivity (Wildman–Crippen MR) is 76.7 cm³/mol. The summed E-state index contributed by atoms with van der Waals surface area (Å²) in [5.74, 6) is -1.21. The minimum absolute atomic E-state index is 0.0849. The van der Waals surface area contributed by atoms with Gasteiger partial charge in [-0.25, -0.2) is 14.2 Å². The van der Waals surface area contributed by atoms with Crippen LogP contribution in [0.3, 0.4) is 0 Å². The third-order valence-corrected chi connectivity index (χ3v) is 3.01. The van der Waals surface area contributed by atoms with Crippen LogP contribution < -0.4 is 4.74 Å². The van der Waals surface area contributed by atoms with Crippen molar-refractivity contribution in [3.05, 3.63) is 52.4 Å². The van der Waals surface area contributed by atoms with E-state index in [9.17, 15) is 9.18 Å². The van der Waals surface area contributed by atoms with Gasteiger partial charge in [0, 0.05) is 11.8 Å².